The predicted molar refractivity (Wildman–Crippen MR) is 168 cm³/mol. The normalized spacial score (nSPS) is 13.1. The van der Waals surface area contributed by atoms with Crippen molar-refractivity contribution in [3.05, 3.63) is 54.6 Å². The molecule has 1 aromatic carbocycles. The quantitative estimate of drug-likeness (QED) is 0.112. The average molecular weight is 523 g/mol. The topological polar surface area (TPSA) is 17.8 Å². The molecule has 2 aromatic rings. The monoisotopic (exact) mass is 522 g/mol. The minimum absolute atomic E-state index is 0.575. The summed E-state index contributed by atoms with van der Waals surface area (Å²) in [4.78, 5) is 4.43. The summed E-state index contributed by atoms with van der Waals surface area (Å²) in [7, 11) is 0. The van der Waals surface area contributed by atoms with Crippen molar-refractivity contribution < 1.29 is 0 Å². The van der Waals surface area contributed by atoms with Gasteiger partial charge in [0.05, 0.1) is 6.33 Å². The highest BCUT2D eigenvalue weighted by Crippen LogP contribution is 2.32. The van der Waals surface area contributed by atoms with E-state index in [9.17, 15) is 0 Å². The first-order valence-corrected chi connectivity index (χ1v) is 16.9. The summed E-state index contributed by atoms with van der Waals surface area (Å²) in [5, 5.41) is 0. The second-order valence-electron chi connectivity index (χ2n) is 12.0. The SMILES string of the molecule is CCCCCCCCCCCCCCCCCCC(C(CCCCCC)Cc1ccccc1)n1ccnc1. The van der Waals surface area contributed by atoms with E-state index in [0.29, 0.717) is 12.0 Å². The number of hydrogen-bond donors (Lipinski definition) is 0. The van der Waals surface area contributed by atoms with Gasteiger partial charge in [0.2, 0.25) is 0 Å². The van der Waals surface area contributed by atoms with Crippen LogP contribution < -0.4 is 0 Å². The molecule has 38 heavy (non-hydrogen) atoms. The largest absolute Gasteiger partial charge is 0.334 e. The Hall–Kier alpha value is -1.57. The first-order chi connectivity index (χ1) is 18.8. The smallest absolute Gasteiger partial charge is 0.0948 e. The third kappa shape index (κ3) is 15.7. The molecule has 2 heteroatoms. The molecule has 0 saturated heterocycles. The van der Waals surface area contributed by atoms with Gasteiger partial charge in [-0.2, -0.15) is 0 Å². The first-order valence-electron chi connectivity index (χ1n) is 16.9. The summed E-state index contributed by atoms with van der Waals surface area (Å²) in [5.74, 6) is 0.694. The standard InChI is InChI=1S/C36H62N2/c1-3-5-7-9-10-11-12-13-14-15-16-17-18-19-20-25-29-36(38-31-30-37-33-38)35(28-24-8-6-4-2)32-34-26-22-21-23-27-34/h21-23,26-27,30-31,33,35-36H,3-20,24-25,28-29,32H2,1-2H3. The second kappa shape index (κ2) is 23.3. The fourth-order valence-electron chi connectivity index (χ4n) is 6.18. The van der Waals surface area contributed by atoms with E-state index in [2.05, 4.69) is 66.3 Å². The van der Waals surface area contributed by atoms with Crippen LogP contribution in [0.4, 0.5) is 0 Å². The molecule has 0 aliphatic rings. The Morgan fingerprint density at radius 3 is 1.55 bits per heavy atom. The molecule has 2 nitrogen and oxygen atoms in total. The molecule has 0 amide bonds. The molecule has 0 bridgehead atoms. The molecular weight excluding hydrogens is 460 g/mol. The van der Waals surface area contributed by atoms with E-state index in [1.54, 1.807) is 0 Å². The summed E-state index contributed by atoms with van der Waals surface area (Å²) in [6.07, 6.45) is 38.4. The average Bonchev–Trinajstić information content (AvgIpc) is 3.48. The van der Waals surface area contributed by atoms with Crippen molar-refractivity contribution in [1.82, 2.24) is 9.55 Å². The molecule has 0 fully saturated rings. The lowest BCUT2D eigenvalue weighted by atomic mass is 9.84. The Morgan fingerprint density at radius 1 is 0.579 bits per heavy atom. The lowest BCUT2D eigenvalue weighted by molar-refractivity contribution is 0.275. The number of unbranched alkanes of at least 4 members (excludes halogenated alkanes) is 18. The van der Waals surface area contributed by atoms with Gasteiger partial charge in [0, 0.05) is 18.4 Å². The number of benzene rings is 1. The van der Waals surface area contributed by atoms with E-state index in [4.69, 9.17) is 0 Å². The van der Waals surface area contributed by atoms with Crippen LogP contribution in [0.25, 0.3) is 0 Å². The molecule has 0 N–H and O–H groups in total. The lowest BCUT2D eigenvalue weighted by Gasteiger charge is -2.29. The Kier molecular flexibility index (Phi) is 20.0. The minimum Gasteiger partial charge on any atom is -0.334 e. The predicted octanol–water partition coefficient (Wildman–Crippen LogP) is 11.9. The number of rotatable bonds is 26. The van der Waals surface area contributed by atoms with E-state index in [1.165, 1.54) is 153 Å². The van der Waals surface area contributed by atoms with Crippen LogP contribution in [0.1, 0.15) is 167 Å². The van der Waals surface area contributed by atoms with Gasteiger partial charge in [-0.15, -0.1) is 0 Å². The van der Waals surface area contributed by atoms with Crippen molar-refractivity contribution >= 4 is 0 Å². The molecule has 2 rings (SSSR count). The van der Waals surface area contributed by atoms with Gasteiger partial charge in [-0.1, -0.05) is 173 Å². The van der Waals surface area contributed by atoms with Crippen molar-refractivity contribution in [2.24, 2.45) is 5.92 Å². The Morgan fingerprint density at radius 2 is 1.05 bits per heavy atom. The van der Waals surface area contributed by atoms with Gasteiger partial charge in [0.15, 0.2) is 0 Å². The molecule has 0 aliphatic carbocycles. The molecule has 1 aromatic heterocycles. The van der Waals surface area contributed by atoms with E-state index in [1.807, 2.05) is 6.20 Å². The molecule has 2 atom stereocenters. The van der Waals surface area contributed by atoms with E-state index >= 15 is 0 Å². The summed E-state index contributed by atoms with van der Waals surface area (Å²) in [6, 6.07) is 11.8. The number of hydrogen-bond acceptors (Lipinski definition) is 1. The Labute approximate surface area is 237 Å². The van der Waals surface area contributed by atoms with E-state index in [-0.39, 0.29) is 0 Å². The maximum Gasteiger partial charge on any atom is 0.0948 e. The first kappa shape index (κ1) is 32.6. The van der Waals surface area contributed by atoms with Gasteiger partial charge in [-0.3, -0.25) is 0 Å². The van der Waals surface area contributed by atoms with E-state index in [0.717, 1.165) is 0 Å². The summed E-state index contributed by atoms with van der Waals surface area (Å²) in [6.45, 7) is 4.62. The molecule has 2 unspecified atom stereocenters. The summed E-state index contributed by atoms with van der Waals surface area (Å²) >= 11 is 0. The van der Waals surface area contributed by atoms with Crippen LogP contribution >= 0.6 is 0 Å². The zero-order valence-electron chi connectivity index (χ0n) is 25.4. The highest BCUT2D eigenvalue weighted by molar-refractivity contribution is 5.15. The third-order valence-electron chi connectivity index (χ3n) is 8.57. The van der Waals surface area contributed by atoms with Gasteiger partial charge >= 0.3 is 0 Å². The molecule has 0 radical (unpaired) electrons. The highest BCUT2D eigenvalue weighted by atomic mass is 15.1. The number of aromatic nitrogens is 2. The maximum absolute atomic E-state index is 4.43. The number of nitrogens with zero attached hydrogens (tertiary/aromatic N) is 2. The Bertz CT molecular complexity index is 723. The van der Waals surface area contributed by atoms with Crippen molar-refractivity contribution in [3.63, 3.8) is 0 Å². The van der Waals surface area contributed by atoms with Gasteiger partial charge in [-0.05, 0) is 30.7 Å². The van der Waals surface area contributed by atoms with Crippen LogP contribution in [0.2, 0.25) is 0 Å². The van der Waals surface area contributed by atoms with Gasteiger partial charge in [0.25, 0.3) is 0 Å². The molecule has 1 heterocycles. The molecule has 0 aliphatic heterocycles. The van der Waals surface area contributed by atoms with Gasteiger partial charge in [-0.25, -0.2) is 4.98 Å². The number of imidazole rings is 1. The van der Waals surface area contributed by atoms with Gasteiger partial charge < -0.3 is 4.57 Å². The van der Waals surface area contributed by atoms with Crippen LogP contribution in [0.15, 0.2) is 49.1 Å². The lowest BCUT2D eigenvalue weighted by Crippen LogP contribution is -2.21. The second-order valence-corrected chi connectivity index (χ2v) is 12.0. The highest BCUT2D eigenvalue weighted by Gasteiger charge is 2.23. The molecule has 0 saturated carbocycles. The zero-order chi connectivity index (χ0) is 26.9. The van der Waals surface area contributed by atoms with E-state index < -0.39 is 0 Å². The van der Waals surface area contributed by atoms with Gasteiger partial charge in [0.1, 0.15) is 0 Å². The molecular formula is C36H62N2. The fourth-order valence-corrected chi connectivity index (χ4v) is 6.18. The zero-order valence-corrected chi connectivity index (χ0v) is 25.4. The van der Waals surface area contributed by atoms with Crippen LogP contribution in [0.3, 0.4) is 0 Å². The maximum atomic E-state index is 4.43. The van der Waals surface area contributed by atoms with Crippen LogP contribution in [0, 0.1) is 5.92 Å². The third-order valence-corrected chi connectivity index (χ3v) is 8.57. The van der Waals surface area contributed by atoms with Crippen molar-refractivity contribution in [2.75, 3.05) is 0 Å². The van der Waals surface area contributed by atoms with Crippen LogP contribution in [0.5, 0.6) is 0 Å². The van der Waals surface area contributed by atoms with Crippen LogP contribution in [-0.2, 0) is 6.42 Å². The van der Waals surface area contributed by atoms with Crippen molar-refractivity contribution in [1.29, 1.82) is 0 Å². The summed E-state index contributed by atoms with van der Waals surface area (Å²) < 4.78 is 2.43. The van der Waals surface area contributed by atoms with Crippen molar-refractivity contribution in [2.45, 2.75) is 168 Å². The molecule has 216 valence electrons. The molecule has 0 spiro atoms. The Balaban J connectivity index is 1.63. The minimum atomic E-state index is 0.575. The van der Waals surface area contributed by atoms with Crippen LogP contribution in [-0.4, -0.2) is 9.55 Å². The summed E-state index contributed by atoms with van der Waals surface area (Å²) in [5.41, 5.74) is 1.49. The fraction of sp³-hybridized carbons (Fsp3) is 0.750. The van der Waals surface area contributed by atoms with Crippen molar-refractivity contribution in [3.8, 4) is 0 Å².